The first-order valence-electron chi connectivity index (χ1n) is 7.51. The number of aryl methyl sites for hydroxylation is 1. The van der Waals surface area contributed by atoms with Gasteiger partial charge in [0.2, 0.25) is 0 Å². The number of rotatable bonds is 6. The Labute approximate surface area is 161 Å². The molecule has 1 aromatic heterocycles. The Morgan fingerprint density at radius 1 is 1.42 bits per heavy atom. The Morgan fingerprint density at radius 2 is 2.12 bits per heavy atom. The second kappa shape index (κ2) is 9.51. The van der Waals surface area contributed by atoms with Gasteiger partial charge in [-0.05, 0) is 25.1 Å². The van der Waals surface area contributed by atoms with Gasteiger partial charge >= 0.3 is 5.97 Å². The summed E-state index contributed by atoms with van der Waals surface area (Å²) >= 11 is 6.12. The maximum Gasteiger partial charge on any atom is 0.324 e. The van der Waals surface area contributed by atoms with Crippen LogP contribution in [0.25, 0.3) is 11.3 Å². The molecule has 2 aromatic rings. The minimum atomic E-state index is -1.00. The van der Waals surface area contributed by atoms with Crippen LogP contribution in [0, 0.1) is 5.82 Å². The van der Waals surface area contributed by atoms with E-state index in [0.717, 1.165) is 6.07 Å². The van der Waals surface area contributed by atoms with Gasteiger partial charge in [-0.1, -0.05) is 11.6 Å². The van der Waals surface area contributed by atoms with Crippen molar-refractivity contribution in [3.8, 4) is 11.3 Å². The van der Waals surface area contributed by atoms with E-state index < -0.39 is 23.7 Å². The van der Waals surface area contributed by atoms with Gasteiger partial charge in [0, 0.05) is 24.2 Å². The van der Waals surface area contributed by atoms with E-state index in [1.807, 2.05) is 6.92 Å². The molecule has 142 valence electrons. The van der Waals surface area contributed by atoms with Crippen LogP contribution in [-0.4, -0.2) is 41.4 Å². The van der Waals surface area contributed by atoms with Gasteiger partial charge in [0.1, 0.15) is 11.9 Å². The number of nitrogens with one attached hydrogen (secondary N) is 1. The fourth-order valence-corrected chi connectivity index (χ4v) is 2.54. The lowest BCUT2D eigenvalue weighted by Crippen LogP contribution is -2.43. The number of halogens is 3. The van der Waals surface area contributed by atoms with Crippen LogP contribution in [0.2, 0.25) is 5.02 Å². The molecule has 1 amide bonds. The third-order valence-corrected chi connectivity index (χ3v) is 3.79. The normalized spacial score (nSPS) is 11.4. The van der Waals surface area contributed by atoms with Crippen molar-refractivity contribution in [2.75, 3.05) is 13.7 Å². The van der Waals surface area contributed by atoms with Crippen LogP contribution < -0.4 is 11.1 Å². The number of ether oxygens (including phenoxy) is 1. The second-order valence-corrected chi connectivity index (χ2v) is 5.63. The summed E-state index contributed by atoms with van der Waals surface area (Å²) in [4.78, 5) is 23.5. The number of aromatic nitrogens is 2. The van der Waals surface area contributed by atoms with Crippen LogP contribution in [0.3, 0.4) is 0 Å². The maximum atomic E-state index is 14.0. The minimum Gasteiger partial charge on any atom is -0.468 e. The summed E-state index contributed by atoms with van der Waals surface area (Å²) in [5.41, 5.74) is 6.57. The molecule has 0 bridgehead atoms. The average Bonchev–Trinajstić information content (AvgIpc) is 2.98. The first-order chi connectivity index (χ1) is 11.9. The van der Waals surface area contributed by atoms with Crippen LogP contribution in [0.4, 0.5) is 4.39 Å². The number of carbonyl (C=O) groups excluding carboxylic acids is 2. The third kappa shape index (κ3) is 4.94. The van der Waals surface area contributed by atoms with Crippen LogP contribution >= 0.6 is 24.0 Å². The number of benzene rings is 1. The van der Waals surface area contributed by atoms with Crippen molar-refractivity contribution in [2.45, 2.75) is 19.5 Å². The zero-order valence-corrected chi connectivity index (χ0v) is 15.7. The van der Waals surface area contributed by atoms with Gasteiger partial charge in [-0.25, -0.2) is 4.39 Å². The fraction of sp³-hybridized carbons (Fsp3) is 0.312. The molecule has 26 heavy (non-hydrogen) atoms. The maximum absolute atomic E-state index is 14.0. The number of esters is 1. The molecule has 7 nitrogen and oxygen atoms in total. The molecule has 0 saturated carbocycles. The molecule has 1 aromatic carbocycles. The molecule has 0 unspecified atom stereocenters. The van der Waals surface area contributed by atoms with Gasteiger partial charge in [-0.15, -0.1) is 12.4 Å². The molecule has 0 radical (unpaired) electrons. The summed E-state index contributed by atoms with van der Waals surface area (Å²) in [6.45, 7) is 2.27. The molecule has 0 aliphatic heterocycles. The van der Waals surface area contributed by atoms with E-state index in [1.54, 1.807) is 4.68 Å². The monoisotopic (exact) mass is 404 g/mol. The van der Waals surface area contributed by atoms with Crippen molar-refractivity contribution < 1.29 is 18.7 Å². The lowest BCUT2D eigenvalue weighted by atomic mass is 10.1. The molecule has 0 spiro atoms. The Balaban J connectivity index is 0.00000338. The van der Waals surface area contributed by atoms with Crippen molar-refractivity contribution in [2.24, 2.45) is 5.73 Å². The smallest absolute Gasteiger partial charge is 0.324 e. The van der Waals surface area contributed by atoms with Gasteiger partial charge in [0.25, 0.3) is 5.91 Å². The highest BCUT2D eigenvalue weighted by Gasteiger charge is 2.18. The highest BCUT2D eigenvalue weighted by atomic mass is 35.5. The zero-order chi connectivity index (χ0) is 18.6. The van der Waals surface area contributed by atoms with Gasteiger partial charge in [0.15, 0.2) is 0 Å². The highest BCUT2D eigenvalue weighted by Crippen LogP contribution is 2.29. The molecule has 0 aliphatic carbocycles. The summed E-state index contributed by atoms with van der Waals surface area (Å²) < 4.78 is 20.1. The van der Waals surface area contributed by atoms with Gasteiger partial charge < -0.3 is 15.8 Å². The standard InChI is InChI=1S/C16H18ClFN4O3.ClH/c1-3-22-14(12(17)7-21-22)9-4-10(6-11(18)5-9)15(23)20-8-13(19)16(24)25-2;/h4-7,13H,3,8,19H2,1-2H3,(H,20,23);1H/t13-;/m1./s1. The highest BCUT2D eigenvalue weighted by molar-refractivity contribution is 6.33. The van der Waals surface area contributed by atoms with Crippen molar-refractivity contribution in [3.63, 3.8) is 0 Å². The SMILES string of the molecule is CCn1ncc(Cl)c1-c1cc(F)cc(C(=O)NC[C@@H](N)C(=O)OC)c1.Cl. The van der Waals surface area contributed by atoms with E-state index in [1.165, 1.54) is 25.4 Å². The molecule has 10 heteroatoms. The Hall–Kier alpha value is -2.16. The fourth-order valence-electron chi connectivity index (χ4n) is 2.29. The summed E-state index contributed by atoms with van der Waals surface area (Å²) in [6.07, 6.45) is 1.46. The lowest BCUT2D eigenvalue weighted by Gasteiger charge is -2.12. The molecule has 1 atom stereocenters. The summed E-state index contributed by atoms with van der Waals surface area (Å²) in [5, 5.41) is 6.92. The Kier molecular flexibility index (Phi) is 8.01. The Morgan fingerprint density at radius 3 is 2.73 bits per heavy atom. The topological polar surface area (TPSA) is 99.2 Å². The Bertz CT molecular complexity index is 798. The molecule has 1 heterocycles. The van der Waals surface area contributed by atoms with Gasteiger partial charge in [0.05, 0.1) is 24.0 Å². The molecular formula is C16H19Cl2FN4O3. The summed E-state index contributed by atoms with van der Waals surface area (Å²) in [5.74, 6) is -1.82. The van der Waals surface area contributed by atoms with Crippen LogP contribution in [0.5, 0.6) is 0 Å². The first kappa shape index (κ1) is 21.9. The largest absolute Gasteiger partial charge is 0.468 e. The van der Waals surface area contributed by atoms with Crippen LogP contribution in [0.15, 0.2) is 24.4 Å². The molecular weight excluding hydrogens is 386 g/mol. The predicted molar refractivity (Wildman–Crippen MR) is 97.9 cm³/mol. The number of hydrogen-bond donors (Lipinski definition) is 2. The van der Waals surface area contributed by atoms with Crippen molar-refractivity contribution >= 4 is 35.9 Å². The third-order valence-electron chi connectivity index (χ3n) is 3.51. The molecule has 0 aliphatic rings. The lowest BCUT2D eigenvalue weighted by molar-refractivity contribution is -0.141. The number of methoxy groups -OCH3 is 1. The molecule has 0 saturated heterocycles. The van der Waals surface area contributed by atoms with Gasteiger partial charge in [-0.3, -0.25) is 14.3 Å². The summed E-state index contributed by atoms with van der Waals surface area (Å²) in [7, 11) is 1.20. The first-order valence-corrected chi connectivity index (χ1v) is 7.89. The number of nitrogens with zero attached hydrogens (tertiary/aromatic N) is 2. The van der Waals surface area contributed by atoms with Crippen molar-refractivity contribution in [1.29, 1.82) is 0 Å². The van der Waals surface area contributed by atoms with Gasteiger partial charge in [-0.2, -0.15) is 5.10 Å². The number of nitrogens with two attached hydrogens (primary N) is 1. The van der Waals surface area contributed by atoms with E-state index >= 15 is 0 Å². The van der Waals surface area contributed by atoms with Crippen molar-refractivity contribution in [1.82, 2.24) is 15.1 Å². The molecule has 2 rings (SSSR count). The summed E-state index contributed by atoms with van der Waals surface area (Å²) in [6, 6.07) is 2.85. The number of amides is 1. The molecule has 0 fully saturated rings. The number of carbonyl (C=O) groups is 2. The predicted octanol–water partition coefficient (Wildman–Crippen LogP) is 2.01. The van der Waals surface area contributed by atoms with E-state index in [9.17, 15) is 14.0 Å². The van der Waals surface area contributed by atoms with Crippen LogP contribution in [0.1, 0.15) is 17.3 Å². The van der Waals surface area contributed by atoms with E-state index in [4.69, 9.17) is 17.3 Å². The average molecular weight is 405 g/mol. The minimum absolute atomic E-state index is 0. The van der Waals surface area contributed by atoms with Crippen molar-refractivity contribution in [3.05, 3.63) is 40.8 Å². The second-order valence-electron chi connectivity index (χ2n) is 5.23. The van der Waals surface area contributed by atoms with E-state index in [2.05, 4.69) is 15.2 Å². The zero-order valence-electron chi connectivity index (χ0n) is 14.2. The number of hydrogen-bond acceptors (Lipinski definition) is 5. The van der Waals surface area contributed by atoms with E-state index in [-0.39, 0.29) is 24.5 Å². The quantitative estimate of drug-likeness (QED) is 0.717. The van der Waals surface area contributed by atoms with E-state index in [0.29, 0.717) is 22.8 Å². The van der Waals surface area contributed by atoms with Crippen LogP contribution in [-0.2, 0) is 16.1 Å². The molecule has 3 N–H and O–H groups in total.